The van der Waals surface area contributed by atoms with Gasteiger partial charge in [0.05, 0.1) is 5.41 Å². The summed E-state index contributed by atoms with van der Waals surface area (Å²) in [6.07, 6.45) is 4.67. The van der Waals surface area contributed by atoms with Crippen LogP contribution in [0.1, 0.15) is 51.5 Å². The van der Waals surface area contributed by atoms with Gasteiger partial charge in [0.1, 0.15) is 5.82 Å². The number of amides is 1. The van der Waals surface area contributed by atoms with Crippen LogP contribution >= 0.6 is 12.4 Å². The van der Waals surface area contributed by atoms with Gasteiger partial charge in [0.2, 0.25) is 5.91 Å². The summed E-state index contributed by atoms with van der Waals surface area (Å²) in [5.74, 6) is -0.310. The van der Waals surface area contributed by atoms with Crippen molar-refractivity contribution in [2.45, 2.75) is 56.9 Å². The maximum Gasteiger partial charge on any atom is 0.230 e. The molecule has 0 unspecified atom stereocenters. The van der Waals surface area contributed by atoms with Gasteiger partial charge in [-0.2, -0.15) is 0 Å². The third kappa shape index (κ3) is 4.43. The minimum Gasteiger partial charge on any atom is -0.354 e. The van der Waals surface area contributed by atoms with Crippen LogP contribution in [0.25, 0.3) is 0 Å². The predicted molar refractivity (Wildman–Crippen MR) is 89.7 cm³/mol. The zero-order valence-electron chi connectivity index (χ0n) is 13.3. The summed E-state index contributed by atoms with van der Waals surface area (Å²) in [6.45, 7) is 4.18. The van der Waals surface area contributed by atoms with Gasteiger partial charge in [-0.05, 0) is 44.4 Å². The average molecular weight is 329 g/mol. The Labute approximate surface area is 138 Å². The highest BCUT2D eigenvalue weighted by Gasteiger charge is 2.41. The van der Waals surface area contributed by atoms with E-state index in [1.807, 2.05) is 19.9 Å². The van der Waals surface area contributed by atoms with Crippen molar-refractivity contribution in [2.75, 3.05) is 6.54 Å². The molecular formula is C17H26ClFN2O. The Bertz CT molecular complexity index is 508. The van der Waals surface area contributed by atoms with Crippen LogP contribution in [0, 0.1) is 5.82 Å². The second-order valence-corrected chi connectivity index (χ2v) is 6.82. The molecule has 0 bridgehead atoms. The van der Waals surface area contributed by atoms with Crippen LogP contribution in [-0.4, -0.2) is 18.0 Å². The van der Waals surface area contributed by atoms with Crippen LogP contribution in [0.4, 0.5) is 4.39 Å². The normalized spacial score (nSPS) is 17.5. The fourth-order valence-electron chi connectivity index (χ4n) is 3.07. The zero-order valence-corrected chi connectivity index (χ0v) is 14.1. The molecule has 3 N–H and O–H groups in total. The lowest BCUT2D eigenvalue weighted by Crippen LogP contribution is -2.52. The van der Waals surface area contributed by atoms with E-state index in [1.165, 1.54) is 12.1 Å². The van der Waals surface area contributed by atoms with Crippen LogP contribution in [0.3, 0.4) is 0 Å². The number of halogens is 2. The molecule has 0 aromatic heterocycles. The molecule has 0 saturated heterocycles. The van der Waals surface area contributed by atoms with E-state index in [9.17, 15) is 9.18 Å². The molecule has 1 fully saturated rings. The quantitative estimate of drug-likeness (QED) is 0.891. The van der Waals surface area contributed by atoms with Gasteiger partial charge < -0.3 is 11.1 Å². The van der Waals surface area contributed by atoms with Gasteiger partial charge in [0.15, 0.2) is 0 Å². The molecule has 1 aliphatic rings. The SMILES string of the molecule is CC(C)(N)CNC(=O)C1(c2cccc(F)c2)CCCCC1.Cl. The number of carbonyl (C=O) groups is 1. The van der Waals surface area contributed by atoms with Gasteiger partial charge in [0, 0.05) is 12.1 Å². The molecule has 1 aromatic carbocycles. The molecule has 5 heteroatoms. The number of nitrogens with one attached hydrogen (secondary N) is 1. The topological polar surface area (TPSA) is 55.1 Å². The van der Waals surface area contributed by atoms with Gasteiger partial charge in [-0.3, -0.25) is 4.79 Å². The van der Waals surface area contributed by atoms with Crippen LogP contribution in [0.5, 0.6) is 0 Å². The van der Waals surface area contributed by atoms with Crippen LogP contribution in [0.2, 0.25) is 0 Å². The summed E-state index contributed by atoms with van der Waals surface area (Å²) in [4.78, 5) is 12.8. The second-order valence-electron chi connectivity index (χ2n) is 6.82. The Morgan fingerprint density at radius 2 is 1.95 bits per heavy atom. The summed E-state index contributed by atoms with van der Waals surface area (Å²) in [6, 6.07) is 6.46. The Balaban J connectivity index is 0.00000242. The Kier molecular flexibility index (Phi) is 6.38. The molecule has 0 atom stereocenters. The van der Waals surface area contributed by atoms with Crippen molar-refractivity contribution >= 4 is 18.3 Å². The lowest BCUT2D eigenvalue weighted by molar-refractivity contribution is -0.128. The van der Waals surface area contributed by atoms with Crippen LogP contribution in [-0.2, 0) is 10.2 Å². The van der Waals surface area contributed by atoms with E-state index in [0.29, 0.717) is 6.54 Å². The Morgan fingerprint density at radius 1 is 1.32 bits per heavy atom. The van der Waals surface area contributed by atoms with Gasteiger partial charge >= 0.3 is 0 Å². The van der Waals surface area contributed by atoms with Crippen molar-refractivity contribution in [3.8, 4) is 0 Å². The number of hydrogen-bond donors (Lipinski definition) is 2. The van der Waals surface area contributed by atoms with Crippen molar-refractivity contribution in [3.63, 3.8) is 0 Å². The maximum absolute atomic E-state index is 13.6. The van der Waals surface area contributed by atoms with Gasteiger partial charge in [-0.1, -0.05) is 31.4 Å². The summed E-state index contributed by atoms with van der Waals surface area (Å²) in [5, 5.41) is 2.96. The van der Waals surface area contributed by atoms with Crippen LogP contribution < -0.4 is 11.1 Å². The Hall–Kier alpha value is -1.13. The number of hydrogen-bond acceptors (Lipinski definition) is 2. The zero-order chi connectivity index (χ0) is 15.5. The highest BCUT2D eigenvalue weighted by Crippen LogP contribution is 2.40. The molecule has 0 spiro atoms. The van der Waals surface area contributed by atoms with Crippen molar-refractivity contribution in [3.05, 3.63) is 35.6 Å². The smallest absolute Gasteiger partial charge is 0.230 e. The first-order valence-electron chi connectivity index (χ1n) is 7.67. The first-order chi connectivity index (χ1) is 9.83. The van der Waals surface area contributed by atoms with Gasteiger partial charge in [-0.25, -0.2) is 4.39 Å². The van der Waals surface area contributed by atoms with Crippen molar-refractivity contribution < 1.29 is 9.18 Å². The summed E-state index contributed by atoms with van der Waals surface area (Å²) >= 11 is 0. The van der Waals surface area contributed by atoms with E-state index in [0.717, 1.165) is 37.7 Å². The van der Waals surface area contributed by atoms with E-state index in [2.05, 4.69) is 5.32 Å². The number of benzene rings is 1. The van der Waals surface area contributed by atoms with E-state index in [-0.39, 0.29) is 24.1 Å². The lowest BCUT2D eigenvalue weighted by atomic mass is 9.68. The first kappa shape index (κ1) is 18.9. The largest absolute Gasteiger partial charge is 0.354 e. The molecule has 3 nitrogen and oxygen atoms in total. The van der Waals surface area contributed by atoms with Crippen LogP contribution in [0.15, 0.2) is 24.3 Å². The molecule has 1 saturated carbocycles. The maximum atomic E-state index is 13.6. The molecule has 1 amide bonds. The lowest BCUT2D eigenvalue weighted by Gasteiger charge is -2.37. The van der Waals surface area contributed by atoms with Crippen molar-refractivity contribution in [2.24, 2.45) is 5.73 Å². The van der Waals surface area contributed by atoms with Gasteiger partial charge in [-0.15, -0.1) is 12.4 Å². The summed E-state index contributed by atoms with van der Waals surface area (Å²) < 4.78 is 13.6. The summed E-state index contributed by atoms with van der Waals surface area (Å²) in [7, 11) is 0. The molecular weight excluding hydrogens is 303 g/mol. The fraction of sp³-hybridized carbons (Fsp3) is 0.588. The summed E-state index contributed by atoms with van der Waals surface area (Å²) in [5.41, 5.74) is 5.67. The molecule has 1 aliphatic carbocycles. The highest BCUT2D eigenvalue weighted by molar-refractivity contribution is 5.88. The number of nitrogens with two attached hydrogens (primary N) is 1. The molecule has 124 valence electrons. The third-order valence-corrected chi connectivity index (χ3v) is 4.22. The molecule has 1 aromatic rings. The highest BCUT2D eigenvalue weighted by atomic mass is 35.5. The van der Waals surface area contributed by atoms with E-state index in [1.54, 1.807) is 6.07 Å². The molecule has 0 heterocycles. The first-order valence-corrected chi connectivity index (χ1v) is 7.67. The van der Waals surface area contributed by atoms with E-state index >= 15 is 0 Å². The Morgan fingerprint density at radius 3 is 2.50 bits per heavy atom. The average Bonchev–Trinajstić information content (AvgIpc) is 2.44. The molecule has 2 rings (SSSR count). The van der Waals surface area contributed by atoms with Crippen molar-refractivity contribution in [1.29, 1.82) is 0 Å². The fourth-order valence-corrected chi connectivity index (χ4v) is 3.07. The van der Waals surface area contributed by atoms with Gasteiger partial charge in [0.25, 0.3) is 0 Å². The van der Waals surface area contributed by atoms with E-state index < -0.39 is 11.0 Å². The standard InChI is InChI=1S/C17H25FN2O.ClH/c1-16(2,19)12-20-15(21)17(9-4-3-5-10-17)13-7-6-8-14(18)11-13;/h6-8,11H,3-5,9-10,12,19H2,1-2H3,(H,20,21);1H. The minimum absolute atomic E-state index is 0. The number of carbonyl (C=O) groups excluding carboxylic acids is 1. The number of rotatable bonds is 4. The molecule has 0 radical (unpaired) electrons. The molecule has 22 heavy (non-hydrogen) atoms. The predicted octanol–water partition coefficient (Wildman–Crippen LogP) is 3.30. The minimum atomic E-state index is -0.606. The molecule has 0 aliphatic heterocycles. The monoisotopic (exact) mass is 328 g/mol. The van der Waals surface area contributed by atoms with Crippen molar-refractivity contribution in [1.82, 2.24) is 5.32 Å². The third-order valence-electron chi connectivity index (χ3n) is 4.22. The van der Waals surface area contributed by atoms with E-state index in [4.69, 9.17) is 5.73 Å². The second kappa shape index (κ2) is 7.42.